The largest absolute Gasteiger partial charge is 0.328 e. The Labute approximate surface area is 121 Å². The Balaban J connectivity index is 1.95. The molecule has 0 amide bonds. The number of rotatable bonds is 1. The fraction of sp³-hybridized carbons (Fsp3) is 0.429. The van der Waals surface area contributed by atoms with Crippen molar-refractivity contribution in [2.24, 2.45) is 7.05 Å². The van der Waals surface area contributed by atoms with Gasteiger partial charge in [-0.1, -0.05) is 0 Å². The van der Waals surface area contributed by atoms with Gasteiger partial charge in [-0.25, -0.2) is 4.68 Å². The fourth-order valence-electron chi connectivity index (χ4n) is 3.17. The van der Waals surface area contributed by atoms with Crippen LogP contribution < -0.4 is 5.32 Å². The van der Waals surface area contributed by atoms with E-state index >= 15 is 0 Å². The summed E-state index contributed by atoms with van der Waals surface area (Å²) in [6.45, 7) is 2.01. The Morgan fingerprint density at radius 1 is 1.33 bits per heavy atom. The van der Waals surface area contributed by atoms with Gasteiger partial charge in [-0.15, -0.1) is 0 Å². The van der Waals surface area contributed by atoms with Crippen LogP contribution in [0.3, 0.4) is 0 Å². The molecule has 4 rings (SSSR count). The lowest BCUT2D eigenvalue weighted by Crippen LogP contribution is -2.31. The number of Topliss-reactive ketones (excluding diaryl/α,β-unsaturated/α-hetero) is 1. The number of nitrogens with one attached hydrogen (secondary N) is 1. The van der Waals surface area contributed by atoms with Crippen LogP contribution in [0.25, 0.3) is 0 Å². The van der Waals surface area contributed by atoms with Gasteiger partial charge >= 0.3 is 0 Å². The first-order valence-electron chi connectivity index (χ1n) is 7.08. The average molecular weight is 284 g/mol. The summed E-state index contributed by atoms with van der Waals surface area (Å²) in [6, 6.07) is -0.222. The van der Waals surface area contributed by atoms with Crippen molar-refractivity contribution >= 4 is 11.7 Å². The minimum absolute atomic E-state index is 0.193. The third-order valence-corrected chi connectivity index (χ3v) is 4.38. The third kappa shape index (κ3) is 1.66. The first kappa shape index (κ1) is 12.3. The Morgan fingerprint density at radius 2 is 2.19 bits per heavy atom. The van der Waals surface area contributed by atoms with E-state index in [1.807, 2.05) is 24.9 Å². The minimum atomic E-state index is -0.222. The van der Waals surface area contributed by atoms with Crippen molar-refractivity contribution in [3.05, 3.63) is 35.1 Å². The van der Waals surface area contributed by atoms with Gasteiger partial charge in [0.1, 0.15) is 12.4 Å². The average Bonchev–Trinajstić information content (AvgIpc) is 3.05. The van der Waals surface area contributed by atoms with E-state index in [2.05, 4.69) is 20.5 Å². The number of hydrogen-bond donors (Lipinski definition) is 1. The summed E-state index contributed by atoms with van der Waals surface area (Å²) in [7, 11) is 1.90. The molecular weight excluding hydrogens is 268 g/mol. The lowest BCUT2D eigenvalue weighted by atomic mass is 9.86. The highest BCUT2D eigenvalue weighted by Crippen LogP contribution is 2.40. The van der Waals surface area contributed by atoms with Crippen LogP contribution in [-0.2, 0) is 11.8 Å². The molecular formula is C14H16N6O. The van der Waals surface area contributed by atoms with E-state index in [4.69, 9.17) is 0 Å². The van der Waals surface area contributed by atoms with Gasteiger partial charge in [0.2, 0.25) is 5.95 Å². The molecule has 3 heterocycles. The molecule has 1 aliphatic carbocycles. The lowest BCUT2D eigenvalue weighted by Gasteiger charge is -2.31. The first-order valence-corrected chi connectivity index (χ1v) is 7.08. The second-order valence-electron chi connectivity index (χ2n) is 5.53. The SMILES string of the molecule is Cc1c([C@@H]2C3=C(CCCC3=O)Nc3ncnn32)cnn1C. The number of ketones is 1. The molecule has 0 bridgehead atoms. The van der Waals surface area contributed by atoms with Gasteiger partial charge < -0.3 is 5.32 Å². The topological polar surface area (TPSA) is 77.6 Å². The van der Waals surface area contributed by atoms with Crippen LogP contribution in [0.4, 0.5) is 5.95 Å². The Hall–Kier alpha value is -2.44. The molecule has 0 saturated heterocycles. The number of allylic oxidation sites excluding steroid dienone is 2. The number of fused-ring (bicyclic) bond motifs is 1. The molecule has 7 nitrogen and oxygen atoms in total. The molecule has 0 aromatic carbocycles. The molecule has 0 fully saturated rings. The maximum Gasteiger partial charge on any atom is 0.226 e. The van der Waals surface area contributed by atoms with Gasteiger partial charge in [0, 0.05) is 36.0 Å². The van der Waals surface area contributed by atoms with E-state index in [9.17, 15) is 4.79 Å². The molecule has 7 heteroatoms. The predicted octanol–water partition coefficient (Wildman–Crippen LogP) is 1.34. The lowest BCUT2D eigenvalue weighted by molar-refractivity contribution is -0.116. The van der Waals surface area contributed by atoms with Crippen LogP contribution in [0.5, 0.6) is 0 Å². The van der Waals surface area contributed by atoms with Crippen LogP contribution in [0.15, 0.2) is 23.8 Å². The summed E-state index contributed by atoms with van der Waals surface area (Å²) in [6.07, 6.45) is 5.70. The second kappa shape index (κ2) is 4.28. The van der Waals surface area contributed by atoms with E-state index in [1.165, 1.54) is 6.33 Å². The van der Waals surface area contributed by atoms with Crippen molar-refractivity contribution in [1.82, 2.24) is 24.5 Å². The molecule has 1 aliphatic heterocycles. The number of aromatic nitrogens is 5. The Morgan fingerprint density at radius 3 is 2.95 bits per heavy atom. The van der Waals surface area contributed by atoms with Gasteiger partial charge in [-0.2, -0.15) is 15.2 Å². The number of hydrogen-bond acceptors (Lipinski definition) is 5. The number of anilines is 1. The van der Waals surface area contributed by atoms with E-state index in [0.29, 0.717) is 12.4 Å². The van der Waals surface area contributed by atoms with Gasteiger partial charge in [0.15, 0.2) is 5.78 Å². The van der Waals surface area contributed by atoms with Gasteiger partial charge in [-0.05, 0) is 19.8 Å². The maximum atomic E-state index is 12.5. The highest BCUT2D eigenvalue weighted by Gasteiger charge is 2.37. The van der Waals surface area contributed by atoms with Gasteiger partial charge in [0.05, 0.1) is 6.20 Å². The van der Waals surface area contributed by atoms with Crippen molar-refractivity contribution in [2.75, 3.05) is 5.32 Å². The summed E-state index contributed by atoms with van der Waals surface area (Å²) >= 11 is 0. The highest BCUT2D eigenvalue weighted by molar-refractivity contribution is 5.99. The smallest absolute Gasteiger partial charge is 0.226 e. The van der Waals surface area contributed by atoms with Crippen LogP contribution >= 0.6 is 0 Å². The molecule has 0 unspecified atom stereocenters. The molecule has 2 aromatic heterocycles. The first-order chi connectivity index (χ1) is 10.2. The standard InChI is InChI=1S/C14H16N6O/c1-8-9(6-16-19(8)2)13-12-10(4-3-5-11(12)21)18-14-15-7-17-20(13)14/h6-7,13H,3-5H2,1-2H3,(H,15,17,18)/t13-/m1/s1. The summed E-state index contributed by atoms with van der Waals surface area (Å²) < 4.78 is 3.60. The van der Waals surface area contributed by atoms with Crippen LogP contribution in [0, 0.1) is 6.92 Å². The van der Waals surface area contributed by atoms with E-state index < -0.39 is 0 Å². The third-order valence-electron chi connectivity index (χ3n) is 4.38. The number of aryl methyl sites for hydroxylation is 1. The number of carbonyl (C=O) groups is 1. The summed E-state index contributed by atoms with van der Waals surface area (Å²) in [5, 5.41) is 11.9. The predicted molar refractivity (Wildman–Crippen MR) is 75.6 cm³/mol. The molecule has 108 valence electrons. The summed E-state index contributed by atoms with van der Waals surface area (Å²) in [5.41, 5.74) is 3.84. The second-order valence-corrected chi connectivity index (χ2v) is 5.53. The van der Waals surface area contributed by atoms with E-state index in [0.717, 1.165) is 35.4 Å². The van der Waals surface area contributed by atoms with Crippen LogP contribution in [0.1, 0.15) is 36.6 Å². The molecule has 1 atom stereocenters. The normalized spacial score (nSPS) is 21.0. The summed E-state index contributed by atoms with van der Waals surface area (Å²) in [4.78, 5) is 16.7. The quantitative estimate of drug-likeness (QED) is 0.855. The van der Waals surface area contributed by atoms with Crippen molar-refractivity contribution in [2.45, 2.75) is 32.2 Å². The monoisotopic (exact) mass is 284 g/mol. The maximum absolute atomic E-state index is 12.5. The van der Waals surface area contributed by atoms with Crippen LogP contribution in [-0.4, -0.2) is 30.3 Å². The van der Waals surface area contributed by atoms with Crippen molar-refractivity contribution in [1.29, 1.82) is 0 Å². The van der Waals surface area contributed by atoms with Crippen molar-refractivity contribution in [3.63, 3.8) is 0 Å². The molecule has 2 aliphatic rings. The molecule has 0 radical (unpaired) electrons. The molecule has 2 aromatic rings. The van der Waals surface area contributed by atoms with Gasteiger partial charge in [-0.3, -0.25) is 9.48 Å². The van der Waals surface area contributed by atoms with Crippen LogP contribution in [0.2, 0.25) is 0 Å². The number of nitrogens with zero attached hydrogens (tertiary/aromatic N) is 5. The molecule has 21 heavy (non-hydrogen) atoms. The van der Waals surface area contributed by atoms with Crippen molar-refractivity contribution < 1.29 is 4.79 Å². The fourth-order valence-corrected chi connectivity index (χ4v) is 3.17. The molecule has 0 spiro atoms. The zero-order valence-corrected chi connectivity index (χ0v) is 12.0. The van der Waals surface area contributed by atoms with E-state index in [-0.39, 0.29) is 11.8 Å². The minimum Gasteiger partial charge on any atom is -0.328 e. The Kier molecular flexibility index (Phi) is 2.51. The van der Waals surface area contributed by atoms with E-state index in [1.54, 1.807) is 4.68 Å². The zero-order valence-electron chi connectivity index (χ0n) is 12.0. The zero-order chi connectivity index (χ0) is 14.6. The highest BCUT2D eigenvalue weighted by atomic mass is 16.1. The Bertz CT molecular complexity index is 768. The van der Waals surface area contributed by atoms with Gasteiger partial charge in [0.25, 0.3) is 0 Å². The molecule has 0 saturated carbocycles. The summed E-state index contributed by atoms with van der Waals surface area (Å²) in [5.74, 6) is 0.884. The number of carbonyl (C=O) groups excluding carboxylic acids is 1. The van der Waals surface area contributed by atoms with Crippen molar-refractivity contribution in [3.8, 4) is 0 Å². The molecule has 1 N–H and O–H groups in total.